The zero-order chi connectivity index (χ0) is 33.0. The quantitative estimate of drug-likeness (QED) is 0.183. The molecule has 1 aromatic heterocycles. The fourth-order valence-electron chi connectivity index (χ4n) is 5.34. The first-order valence-electron chi connectivity index (χ1n) is 13.4. The summed E-state index contributed by atoms with van der Waals surface area (Å²) >= 11 is 1.83. The predicted octanol–water partition coefficient (Wildman–Crippen LogP) is 6.29. The number of benzene rings is 3. The van der Waals surface area contributed by atoms with E-state index < -0.39 is 69.8 Å². The number of nitrogens with one attached hydrogen (secondary N) is 2. The topological polar surface area (TPSA) is 109 Å². The number of aromatic nitrogens is 1. The molecular formula is C30H19F6N3O5S2. The Bertz CT molecular complexity index is 1900. The molecule has 0 radical (unpaired) electrons. The number of H-pyrrole nitrogens is 1. The molecule has 16 heteroatoms. The van der Waals surface area contributed by atoms with E-state index in [9.17, 15) is 45.5 Å². The van der Waals surface area contributed by atoms with E-state index in [2.05, 4.69) is 10.3 Å². The van der Waals surface area contributed by atoms with Gasteiger partial charge in [-0.05, 0) is 54.1 Å². The van der Waals surface area contributed by atoms with Crippen LogP contribution in [0.5, 0.6) is 5.75 Å². The second-order valence-corrected chi connectivity index (χ2v) is 12.5. The van der Waals surface area contributed by atoms with E-state index in [1.54, 1.807) is 12.1 Å². The monoisotopic (exact) mass is 679 g/mol. The van der Waals surface area contributed by atoms with Crippen LogP contribution in [-0.4, -0.2) is 34.6 Å². The number of halogens is 6. The summed E-state index contributed by atoms with van der Waals surface area (Å²) in [6.07, 6.45) is -9.28. The van der Waals surface area contributed by atoms with Crippen molar-refractivity contribution in [1.29, 1.82) is 0 Å². The highest BCUT2D eigenvalue weighted by Crippen LogP contribution is 2.53. The van der Waals surface area contributed by atoms with Gasteiger partial charge in [0.1, 0.15) is 11.0 Å². The van der Waals surface area contributed by atoms with Crippen LogP contribution < -0.4 is 19.8 Å². The molecule has 2 aliphatic heterocycles. The van der Waals surface area contributed by atoms with E-state index in [1.165, 1.54) is 24.3 Å². The summed E-state index contributed by atoms with van der Waals surface area (Å²) in [5.41, 5.74) is -1.74. The first kappa shape index (κ1) is 31.4. The third-order valence-corrected chi connectivity index (χ3v) is 9.74. The van der Waals surface area contributed by atoms with Crippen molar-refractivity contribution in [3.8, 4) is 5.75 Å². The van der Waals surface area contributed by atoms with Gasteiger partial charge in [0.15, 0.2) is 6.61 Å². The second-order valence-electron chi connectivity index (χ2n) is 10.3. The zero-order valence-electron chi connectivity index (χ0n) is 22.9. The van der Waals surface area contributed by atoms with Gasteiger partial charge in [-0.3, -0.25) is 19.2 Å². The molecule has 238 valence electrons. The van der Waals surface area contributed by atoms with Gasteiger partial charge in [0, 0.05) is 16.5 Å². The van der Waals surface area contributed by atoms with Crippen molar-refractivity contribution in [2.75, 3.05) is 16.8 Å². The van der Waals surface area contributed by atoms with Crippen molar-refractivity contribution in [3.63, 3.8) is 0 Å². The number of ether oxygens (including phenoxy) is 1. The number of thiazole rings is 1. The molecule has 8 nitrogen and oxygen atoms in total. The third-order valence-electron chi connectivity index (χ3n) is 7.34. The van der Waals surface area contributed by atoms with Crippen molar-refractivity contribution in [1.82, 2.24) is 4.98 Å². The highest BCUT2D eigenvalue weighted by atomic mass is 32.2. The normalized spacial score (nSPS) is 19.5. The number of anilines is 2. The van der Waals surface area contributed by atoms with Gasteiger partial charge in [0.05, 0.1) is 27.8 Å². The fourth-order valence-corrected chi connectivity index (χ4v) is 7.86. The minimum atomic E-state index is -4.70. The molecule has 0 saturated carbocycles. The summed E-state index contributed by atoms with van der Waals surface area (Å²) in [6, 6.07) is 14.1. The lowest BCUT2D eigenvalue weighted by Crippen LogP contribution is -2.32. The number of carbonyl (C=O) groups excluding carboxylic acids is 3. The Morgan fingerprint density at radius 1 is 0.870 bits per heavy atom. The molecule has 3 amide bonds. The number of rotatable bonds is 6. The SMILES string of the molecule is O=C(COc1ccc(C2c3sc(=O)[nH]c3SC3C(=O)N(c4cccc(C(F)(F)F)c4)C(=O)C32)cc1)Nc1cccc(C(F)(F)F)c1. The Morgan fingerprint density at radius 2 is 1.52 bits per heavy atom. The van der Waals surface area contributed by atoms with Crippen LogP contribution in [0.25, 0.3) is 0 Å². The van der Waals surface area contributed by atoms with E-state index in [-0.39, 0.29) is 17.1 Å². The third kappa shape index (κ3) is 6.01. The molecular weight excluding hydrogens is 660 g/mol. The van der Waals surface area contributed by atoms with E-state index in [1.807, 2.05) is 0 Å². The Kier molecular flexibility index (Phi) is 7.96. The molecule has 3 unspecified atom stereocenters. The summed E-state index contributed by atoms with van der Waals surface area (Å²) in [7, 11) is 0. The minimum Gasteiger partial charge on any atom is -0.484 e. The Balaban J connectivity index is 1.22. The molecule has 0 spiro atoms. The molecule has 0 aliphatic carbocycles. The van der Waals surface area contributed by atoms with E-state index >= 15 is 0 Å². The van der Waals surface area contributed by atoms with Crippen LogP contribution in [-0.2, 0) is 26.7 Å². The van der Waals surface area contributed by atoms with Crippen molar-refractivity contribution < 1.29 is 45.5 Å². The first-order chi connectivity index (χ1) is 21.7. The van der Waals surface area contributed by atoms with Gasteiger partial charge in [-0.25, -0.2) is 4.90 Å². The van der Waals surface area contributed by atoms with Crippen LogP contribution in [0.3, 0.4) is 0 Å². The standard InChI is InChI=1S/C30H19F6N3O5S2/c31-29(32,33)15-3-1-5-17(11-15)37-20(40)13-44-19-9-7-14(8-10-19)21-22-24(45-25-23(21)46-28(43)38-25)27(42)39(26(22)41)18-6-2-4-16(12-18)30(34,35)36/h1-12,21-22,24H,13H2,(H,37,40)(H,38,43). The Labute approximate surface area is 263 Å². The first-order valence-corrected chi connectivity index (χ1v) is 15.0. The van der Waals surface area contributed by atoms with Gasteiger partial charge in [0.2, 0.25) is 11.8 Å². The molecule has 1 saturated heterocycles. The van der Waals surface area contributed by atoms with Crippen molar-refractivity contribution >= 4 is 52.2 Å². The van der Waals surface area contributed by atoms with E-state index in [0.29, 0.717) is 15.5 Å². The highest BCUT2D eigenvalue weighted by molar-refractivity contribution is 8.00. The molecule has 3 aromatic carbocycles. The smallest absolute Gasteiger partial charge is 0.416 e. The van der Waals surface area contributed by atoms with Gasteiger partial charge < -0.3 is 15.0 Å². The van der Waals surface area contributed by atoms with Crippen LogP contribution in [0, 0.1) is 5.92 Å². The average molecular weight is 680 g/mol. The molecule has 4 aromatic rings. The summed E-state index contributed by atoms with van der Waals surface area (Å²) in [5.74, 6) is -3.81. The van der Waals surface area contributed by atoms with Crippen LogP contribution in [0.2, 0.25) is 0 Å². The lowest BCUT2D eigenvalue weighted by atomic mass is 9.83. The summed E-state index contributed by atoms with van der Waals surface area (Å²) in [6.45, 7) is -0.539. The Morgan fingerprint density at radius 3 is 2.20 bits per heavy atom. The maximum absolute atomic E-state index is 13.8. The van der Waals surface area contributed by atoms with Gasteiger partial charge in [0.25, 0.3) is 5.91 Å². The highest BCUT2D eigenvalue weighted by Gasteiger charge is 2.56. The lowest BCUT2D eigenvalue weighted by Gasteiger charge is -2.29. The minimum absolute atomic E-state index is 0.0697. The number of nitrogens with zero attached hydrogens (tertiary/aromatic N) is 1. The van der Waals surface area contributed by atoms with Crippen LogP contribution in [0.1, 0.15) is 27.5 Å². The number of imide groups is 1. The van der Waals surface area contributed by atoms with Crippen molar-refractivity contribution in [2.24, 2.45) is 5.92 Å². The van der Waals surface area contributed by atoms with E-state index in [0.717, 1.165) is 64.4 Å². The molecule has 3 heterocycles. The zero-order valence-corrected chi connectivity index (χ0v) is 24.6. The molecule has 6 rings (SSSR count). The number of aromatic amines is 1. The van der Waals surface area contributed by atoms with Crippen LogP contribution in [0.15, 0.2) is 82.6 Å². The number of alkyl halides is 6. The van der Waals surface area contributed by atoms with E-state index in [4.69, 9.17) is 4.74 Å². The van der Waals surface area contributed by atoms with Crippen molar-refractivity contribution in [2.45, 2.75) is 28.5 Å². The number of carbonyl (C=O) groups is 3. The number of amides is 3. The second kappa shape index (κ2) is 11.7. The molecule has 3 atom stereocenters. The molecule has 1 fully saturated rings. The van der Waals surface area contributed by atoms with Gasteiger partial charge in [-0.1, -0.05) is 47.4 Å². The van der Waals surface area contributed by atoms with Crippen LogP contribution in [0.4, 0.5) is 37.7 Å². The number of thioether (sulfide) groups is 1. The summed E-state index contributed by atoms with van der Waals surface area (Å²) < 4.78 is 84.5. The molecule has 2 N–H and O–H groups in total. The maximum atomic E-state index is 13.8. The molecule has 46 heavy (non-hydrogen) atoms. The average Bonchev–Trinajstić information content (AvgIpc) is 3.49. The van der Waals surface area contributed by atoms with Gasteiger partial charge in [-0.15, -0.1) is 0 Å². The predicted molar refractivity (Wildman–Crippen MR) is 156 cm³/mol. The number of hydrogen-bond donors (Lipinski definition) is 2. The summed E-state index contributed by atoms with van der Waals surface area (Å²) in [5, 5.41) is 1.68. The Hall–Kier alpha value is -4.57. The van der Waals surface area contributed by atoms with Gasteiger partial charge in [-0.2, -0.15) is 26.3 Å². The number of hydrogen-bond acceptors (Lipinski definition) is 7. The van der Waals surface area contributed by atoms with Crippen molar-refractivity contribution in [3.05, 3.63) is 104 Å². The molecule has 2 aliphatic rings. The number of fused-ring (bicyclic) bond motifs is 2. The van der Waals surface area contributed by atoms with Crippen LogP contribution >= 0.6 is 23.1 Å². The maximum Gasteiger partial charge on any atom is 0.416 e. The van der Waals surface area contributed by atoms with Gasteiger partial charge >= 0.3 is 17.2 Å². The fraction of sp³-hybridized carbons (Fsp3) is 0.200. The largest absolute Gasteiger partial charge is 0.484 e. The molecule has 0 bridgehead atoms. The summed E-state index contributed by atoms with van der Waals surface area (Å²) in [4.78, 5) is 55.4. The lowest BCUT2D eigenvalue weighted by molar-refractivity contribution is -0.138.